The molecule has 0 bridgehead atoms. The summed E-state index contributed by atoms with van der Waals surface area (Å²) in [6.07, 6.45) is 6.37. The van der Waals surface area contributed by atoms with Crippen molar-refractivity contribution in [3.05, 3.63) is 0 Å². The van der Waals surface area contributed by atoms with E-state index in [4.69, 9.17) is 10.00 Å². The van der Waals surface area contributed by atoms with Crippen molar-refractivity contribution in [1.29, 1.82) is 5.26 Å². The van der Waals surface area contributed by atoms with Crippen molar-refractivity contribution in [2.75, 3.05) is 6.61 Å². The number of nitrogens with zero attached hydrogens (tertiary/aromatic N) is 1. The zero-order chi connectivity index (χ0) is 11.2. The van der Waals surface area contributed by atoms with E-state index in [0.29, 0.717) is 30.0 Å². The van der Waals surface area contributed by atoms with E-state index in [0.717, 1.165) is 12.5 Å². The highest BCUT2D eigenvalue weighted by atomic mass is 16.5. The van der Waals surface area contributed by atoms with Crippen LogP contribution in [0.4, 0.5) is 0 Å². The lowest BCUT2D eigenvalue weighted by Crippen LogP contribution is -2.71. The molecule has 4 atom stereocenters. The van der Waals surface area contributed by atoms with Crippen LogP contribution < -0.4 is 5.32 Å². The van der Waals surface area contributed by atoms with Gasteiger partial charge >= 0.3 is 0 Å². The molecule has 4 unspecified atom stereocenters. The monoisotopic (exact) mass is 220 g/mol. The number of ether oxygens (including phenoxy) is 1. The minimum atomic E-state index is 0.328. The zero-order valence-electron chi connectivity index (χ0n) is 9.91. The van der Waals surface area contributed by atoms with Gasteiger partial charge in [0.25, 0.3) is 0 Å². The molecule has 3 fully saturated rings. The predicted octanol–water partition coefficient (Wildman–Crippen LogP) is 1.84. The molecule has 88 valence electrons. The number of hydrogen-bond acceptors (Lipinski definition) is 3. The van der Waals surface area contributed by atoms with E-state index in [2.05, 4.69) is 18.3 Å². The van der Waals surface area contributed by atoms with Gasteiger partial charge in [-0.2, -0.15) is 5.26 Å². The lowest BCUT2D eigenvalue weighted by Gasteiger charge is -2.64. The van der Waals surface area contributed by atoms with E-state index in [1.165, 1.54) is 25.7 Å². The normalized spacial score (nSPS) is 40.6. The Balaban J connectivity index is 1.67. The Morgan fingerprint density at radius 2 is 2.38 bits per heavy atom. The maximum Gasteiger partial charge on any atom is 0.0690 e. The summed E-state index contributed by atoms with van der Waals surface area (Å²) in [5.74, 6) is 0.724. The van der Waals surface area contributed by atoms with Crippen molar-refractivity contribution >= 4 is 0 Å². The summed E-state index contributed by atoms with van der Waals surface area (Å²) in [5.41, 5.74) is 0.449. The molecule has 1 saturated heterocycles. The molecule has 0 aromatic heterocycles. The first-order valence-electron chi connectivity index (χ1n) is 6.52. The highest BCUT2D eigenvalue weighted by molar-refractivity contribution is 5.18. The van der Waals surface area contributed by atoms with Gasteiger partial charge in [0.05, 0.1) is 18.6 Å². The van der Waals surface area contributed by atoms with Crippen LogP contribution in [-0.4, -0.2) is 24.8 Å². The second-order valence-electron chi connectivity index (χ2n) is 5.74. The van der Waals surface area contributed by atoms with Crippen LogP contribution in [0.1, 0.15) is 39.0 Å². The Morgan fingerprint density at radius 3 is 3.00 bits per heavy atom. The molecule has 1 spiro atoms. The first-order chi connectivity index (χ1) is 7.78. The molecule has 0 aromatic carbocycles. The molecular formula is C13H20N2O. The molecule has 1 N–H and O–H groups in total. The number of hydrogen-bond donors (Lipinski definition) is 1. The topological polar surface area (TPSA) is 45.0 Å². The van der Waals surface area contributed by atoms with Crippen molar-refractivity contribution in [2.24, 2.45) is 11.3 Å². The van der Waals surface area contributed by atoms with Gasteiger partial charge in [0.2, 0.25) is 0 Å². The van der Waals surface area contributed by atoms with Gasteiger partial charge < -0.3 is 10.1 Å². The van der Waals surface area contributed by atoms with E-state index in [9.17, 15) is 0 Å². The number of nitrogens with one attached hydrogen (secondary N) is 1. The van der Waals surface area contributed by atoms with Crippen molar-refractivity contribution in [3.8, 4) is 6.07 Å². The van der Waals surface area contributed by atoms with Gasteiger partial charge in [-0.1, -0.05) is 6.42 Å². The molecule has 0 aromatic rings. The fraction of sp³-hybridized carbons (Fsp3) is 0.923. The fourth-order valence-electron chi connectivity index (χ4n) is 4.00. The zero-order valence-corrected chi connectivity index (χ0v) is 9.91. The third kappa shape index (κ3) is 1.26. The van der Waals surface area contributed by atoms with E-state index < -0.39 is 0 Å². The molecular weight excluding hydrogens is 200 g/mol. The smallest absolute Gasteiger partial charge is 0.0690 e. The van der Waals surface area contributed by atoms with Crippen LogP contribution in [-0.2, 0) is 4.74 Å². The summed E-state index contributed by atoms with van der Waals surface area (Å²) < 4.78 is 5.88. The van der Waals surface area contributed by atoms with E-state index >= 15 is 0 Å². The summed E-state index contributed by atoms with van der Waals surface area (Å²) in [5, 5.41) is 12.4. The molecule has 3 aliphatic rings. The second-order valence-corrected chi connectivity index (χ2v) is 5.74. The van der Waals surface area contributed by atoms with E-state index in [1.54, 1.807) is 0 Å². The Kier molecular flexibility index (Phi) is 2.45. The Labute approximate surface area is 97.2 Å². The van der Waals surface area contributed by atoms with Crippen LogP contribution in [0.2, 0.25) is 0 Å². The molecule has 3 rings (SSSR count). The lowest BCUT2D eigenvalue weighted by molar-refractivity contribution is -0.177. The van der Waals surface area contributed by atoms with Crippen LogP contribution in [0.5, 0.6) is 0 Å². The molecule has 3 nitrogen and oxygen atoms in total. The van der Waals surface area contributed by atoms with Gasteiger partial charge in [0.1, 0.15) is 0 Å². The van der Waals surface area contributed by atoms with Crippen LogP contribution >= 0.6 is 0 Å². The van der Waals surface area contributed by atoms with Gasteiger partial charge in [-0.25, -0.2) is 0 Å². The highest BCUT2D eigenvalue weighted by Gasteiger charge is 2.66. The van der Waals surface area contributed by atoms with Crippen LogP contribution in [0.25, 0.3) is 0 Å². The average molecular weight is 220 g/mol. The minimum Gasteiger partial charge on any atom is -0.377 e. The molecule has 1 heterocycles. The fourth-order valence-corrected chi connectivity index (χ4v) is 4.00. The van der Waals surface area contributed by atoms with Gasteiger partial charge in [0, 0.05) is 30.0 Å². The molecule has 16 heavy (non-hydrogen) atoms. The molecule has 3 heteroatoms. The molecule has 2 saturated carbocycles. The van der Waals surface area contributed by atoms with Crippen LogP contribution in [0.3, 0.4) is 0 Å². The largest absolute Gasteiger partial charge is 0.377 e. The summed E-state index contributed by atoms with van der Waals surface area (Å²) in [7, 11) is 0. The number of nitriles is 1. The minimum absolute atomic E-state index is 0.328. The van der Waals surface area contributed by atoms with Gasteiger partial charge in [-0.3, -0.25) is 0 Å². The number of fused-ring (bicyclic) bond motifs is 2. The maximum absolute atomic E-state index is 8.71. The maximum atomic E-state index is 8.71. The summed E-state index contributed by atoms with van der Waals surface area (Å²) in [6, 6.07) is 3.20. The molecule has 0 amide bonds. The first kappa shape index (κ1) is 10.6. The molecule has 1 aliphatic heterocycles. The van der Waals surface area contributed by atoms with Crippen molar-refractivity contribution in [3.63, 3.8) is 0 Å². The van der Waals surface area contributed by atoms with Crippen LogP contribution in [0, 0.1) is 22.7 Å². The average Bonchev–Trinajstić information content (AvgIpc) is 2.58. The Bertz CT molecular complexity index is 318. The number of rotatable bonds is 3. The van der Waals surface area contributed by atoms with Crippen molar-refractivity contribution < 1.29 is 4.74 Å². The molecule has 2 aliphatic carbocycles. The first-order valence-corrected chi connectivity index (χ1v) is 6.52. The standard InChI is InChI=1S/C13H20N2O/c1-9(3-7-14)15-11-10-4-8-16-12(10)13(11)5-2-6-13/h9-12,15H,2-6,8H2,1H3. The quantitative estimate of drug-likeness (QED) is 0.789. The van der Waals surface area contributed by atoms with Gasteiger partial charge in [0.15, 0.2) is 0 Å². The van der Waals surface area contributed by atoms with Gasteiger partial charge in [-0.05, 0) is 26.2 Å². The summed E-state index contributed by atoms with van der Waals surface area (Å²) in [6.45, 7) is 3.07. The third-order valence-corrected chi connectivity index (χ3v) is 4.90. The summed E-state index contributed by atoms with van der Waals surface area (Å²) >= 11 is 0. The molecule has 0 radical (unpaired) electrons. The van der Waals surface area contributed by atoms with Gasteiger partial charge in [-0.15, -0.1) is 0 Å². The predicted molar refractivity (Wildman–Crippen MR) is 60.7 cm³/mol. The van der Waals surface area contributed by atoms with Crippen molar-refractivity contribution in [2.45, 2.75) is 57.2 Å². The third-order valence-electron chi connectivity index (χ3n) is 4.90. The van der Waals surface area contributed by atoms with E-state index in [1.807, 2.05) is 0 Å². The summed E-state index contributed by atoms with van der Waals surface area (Å²) in [4.78, 5) is 0. The Morgan fingerprint density at radius 1 is 1.56 bits per heavy atom. The van der Waals surface area contributed by atoms with E-state index in [-0.39, 0.29) is 0 Å². The van der Waals surface area contributed by atoms with Crippen molar-refractivity contribution in [1.82, 2.24) is 5.32 Å². The lowest BCUT2D eigenvalue weighted by atomic mass is 9.46. The highest BCUT2D eigenvalue weighted by Crippen LogP contribution is 2.62. The Hall–Kier alpha value is -0.590. The van der Waals surface area contributed by atoms with Crippen LogP contribution in [0.15, 0.2) is 0 Å². The SMILES string of the molecule is CC(CC#N)NC1C2CCOC2C12CCC2. The second kappa shape index (κ2) is 3.72.